The Labute approximate surface area is 133 Å². The maximum atomic E-state index is 13.0. The third-order valence-corrected chi connectivity index (χ3v) is 3.10. The first-order valence-electron chi connectivity index (χ1n) is 6.87. The first-order chi connectivity index (χ1) is 11.0. The quantitative estimate of drug-likeness (QED) is 0.861. The van der Waals surface area contributed by atoms with Crippen LogP contribution in [0.1, 0.15) is 15.9 Å². The number of hydrogen-bond acceptors (Lipinski definition) is 4. The van der Waals surface area contributed by atoms with Crippen molar-refractivity contribution in [3.05, 3.63) is 59.4 Å². The minimum atomic E-state index is -0.612. The lowest BCUT2D eigenvalue weighted by Gasteiger charge is -2.09. The summed E-state index contributed by atoms with van der Waals surface area (Å²) < 4.78 is 23.0. The number of carbonyl (C=O) groups excluding carboxylic acids is 2. The van der Waals surface area contributed by atoms with Gasteiger partial charge >= 0.3 is 5.97 Å². The highest BCUT2D eigenvalue weighted by molar-refractivity contribution is 5.96. The van der Waals surface area contributed by atoms with Crippen LogP contribution in [-0.2, 0) is 9.53 Å². The number of anilines is 1. The highest BCUT2D eigenvalue weighted by Gasteiger charge is 2.13. The van der Waals surface area contributed by atoms with Crippen LogP contribution in [0.4, 0.5) is 10.1 Å². The summed E-state index contributed by atoms with van der Waals surface area (Å²) in [6.07, 6.45) is 0. The van der Waals surface area contributed by atoms with Gasteiger partial charge in [-0.05, 0) is 48.9 Å². The summed E-state index contributed by atoms with van der Waals surface area (Å²) >= 11 is 0. The van der Waals surface area contributed by atoms with E-state index < -0.39 is 24.3 Å². The number of ether oxygens (including phenoxy) is 2. The number of rotatable bonds is 5. The lowest BCUT2D eigenvalue weighted by Crippen LogP contribution is -2.21. The Hall–Kier alpha value is -2.89. The zero-order valence-electron chi connectivity index (χ0n) is 12.8. The molecular formula is C17H16FNO4. The molecule has 1 amide bonds. The van der Waals surface area contributed by atoms with Gasteiger partial charge in [0.1, 0.15) is 11.6 Å². The van der Waals surface area contributed by atoms with Gasteiger partial charge in [-0.15, -0.1) is 0 Å². The van der Waals surface area contributed by atoms with Crippen molar-refractivity contribution >= 4 is 17.6 Å². The molecule has 6 heteroatoms. The van der Waals surface area contributed by atoms with Crippen LogP contribution in [0, 0.1) is 12.7 Å². The summed E-state index contributed by atoms with van der Waals surface area (Å²) in [5.41, 5.74) is 1.33. The zero-order valence-corrected chi connectivity index (χ0v) is 12.8. The highest BCUT2D eigenvalue weighted by atomic mass is 19.1. The molecule has 0 heterocycles. The lowest BCUT2D eigenvalue weighted by molar-refractivity contribution is -0.119. The van der Waals surface area contributed by atoms with E-state index in [9.17, 15) is 14.0 Å². The van der Waals surface area contributed by atoms with E-state index in [2.05, 4.69) is 5.32 Å². The fourth-order valence-corrected chi connectivity index (χ4v) is 1.96. The first kappa shape index (κ1) is 16.5. The molecule has 0 spiro atoms. The molecule has 0 fully saturated rings. The summed E-state index contributed by atoms with van der Waals surface area (Å²) in [5, 5.41) is 2.45. The number of esters is 1. The Morgan fingerprint density at radius 1 is 1.17 bits per heavy atom. The van der Waals surface area contributed by atoms with Crippen LogP contribution < -0.4 is 10.1 Å². The van der Waals surface area contributed by atoms with E-state index in [-0.39, 0.29) is 0 Å². The van der Waals surface area contributed by atoms with Gasteiger partial charge in [-0.1, -0.05) is 6.07 Å². The molecule has 23 heavy (non-hydrogen) atoms. The predicted octanol–water partition coefficient (Wildman–Crippen LogP) is 2.94. The SMILES string of the molecule is COc1ccc(C(=O)OCC(=O)Nc2cccc(F)c2)c(C)c1. The second kappa shape index (κ2) is 7.40. The number of nitrogens with one attached hydrogen (secondary N) is 1. The van der Waals surface area contributed by atoms with Gasteiger partial charge in [0.05, 0.1) is 12.7 Å². The molecule has 0 unspecified atom stereocenters. The number of methoxy groups -OCH3 is 1. The fraction of sp³-hybridized carbons (Fsp3) is 0.176. The molecule has 0 atom stereocenters. The van der Waals surface area contributed by atoms with E-state index in [0.29, 0.717) is 22.6 Å². The molecule has 120 valence electrons. The van der Waals surface area contributed by atoms with E-state index in [4.69, 9.17) is 9.47 Å². The molecule has 0 bridgehead atoms. The Kier molecular flexibility index (Phi) is 5.30. The van der Waals surface area contributed by atoms with Gasteiger partial charge in [0.25, 0.3) is 5.91 Å². The standard InChI is InChI=1S/C17H16FNO4/c1-11-8-14(22-2)6-7-15(11)17(21)23-10-16(20)19-13-5-3-4-12(18)9-13/h3-9H,10H2,1-2H3,(H,19,20). The van der Waals surface area contributed by atoms with Crippen molar-refractivity contribution in [1.82, 2.24) is 0 Å². The molecular weight excluding hydrogens is 301 g/mol. The molecule has 0 aliphatic rings. The smallest absolute Gasteiger partial charge is 0.338 e. The maximum absolute atomic E-state index is 13.0. The number of carbonyl (C=O) groups is 2. The Morgan fingerprint density at radius 2 is 1.96 bits per heavy atom. The average Bonchev–Trinajstić information content (AvgIpc) is 2.52. The first-order valence-corrected chi connectivity index (χ1v) is 6.87. The van der Waals surface area contributed by atoms with Crippen LogP contribution in [-0.4, -0.2) is 25.6 Å². The van der Waals surface area contributed by atoms with E-state index in [1.54, 1.807) is 25.1 Å². The molecule has 0 aliphatic heterocycles. The molecule has 2 aromatic rings. The summed E-state index contributed by atoms with van der Waals surface area (Å²) in [6, 6.07) is 10.4. The van der Waals surface area contributed by atoms with Crippen LogP contribution in [0.15, 0.2) is 42.5 Å². The Morgan fingerprint density at radius 3 is 2.61 bits per heavy atom. The molecule has 0 saturated carbocycles. The number of halogens is 1. The Bertz CT molecular complexity index is 730. The lowest BCUT2D eigenvalue weighted by atomic mass is 10.1. The minimum Gasteiger partial charge on any atom is -0.497 e. The summed E-state index contributed by atoms with van der Waals surface area (Å²) in [7, 11) is 1.53. The number of benzene rings is 2. The van der Waals surface area contributed by atoms with Crippen LogP contribution in [0.3, 0.4) is 0 Å². The van der Waals surface area contributed by atoms with Gasteiger partial charge in [-0.25, -0.2) is 9.18 Å². The normalized spacial score (nSPS) is 10.0. The zero-order chi connectivity index (χ0) is 16.8. The van der Waals surface area contributed by atoms with Crippen molar-refractivity contribution in [1.29, 1.82) is 0 Å². The van der Waals surface area contributed by atoms with E-state index in [0.717, 1.165) is 0 Å². The van der Waals surface area contributed by atoms with Crippen molar-refractivity contribution in [3.8, 4) is 5.75 Å². The monoisotopic (exact) mass is 317 g/mol. The van der Waals surface area contributed by atoms with Gasteiger partial charge in [-0.3, -0.25) is 4.79 Å². The Balaban J connectivity index is 1.92. The van der Waals surface area contributed by atoms with Crippen molar-refractivity contribution < 1.29 is 23.5 Å². The molecule has 1 N–H and O–H groups in total. The molecule has 2 aromatic carbocycles. The number of hydrogen-bond donors (Lipinski definition) is 1. The highest BCUT2D eigenvalue weighted by Crippen LogP contribution is 2.17. The maximum Gasteiger partial charge on any atom is 0.338 e. The second-order valence-electron chi connectivity index (χ2n) is 4.82. The summed E-state index contributed by atoms with van der Waals surface area (Å²) in [5.74, 6) is -0.994. The van der Waals surface area contributed by atoms with E-state index in [1.807, 2.05) is 0 Å². The number of aryl methyl sites for hydroxylation is 1. The van der Waals surface area contributed by atoms with Crippen molar-refractivity contribution in [3.63, 3.8) is 0 Å². The van der Waals surface area contributed by atoms with Crippen molar-refractivity contribution in [2.24, 2.45) is 0 Å². The predicted molar refractivity (Wildman–Crippen MR) is 83.0 cm³/mol. The number of amides is 1. The topological polar surface area (TPSA) is 64.6 Å². The summed E-state index contributed by atoms with van der Waals surface area (Å²) in [6.45, 7) is 1.28. The average molecular weight is 317 g/mol. The van der Waals surface area contributed by atoms with Crippen LogP contribution in [0.5, 0.6) is 5.75 Å². The van der Waals surface area contributed by atoms with Gasteiger partial charge in [0.15, 0.2) is 6.61 Å². The van der Waals surface area contributed by atoms with Crippen molar-refractivity contribution in [2.75, 3.05) is 19.0 Å². The van der Waals surface area contributed by atoms with Crippen molar-refractivity contribution in [2.45, 2.75) is 6.92 Å². The fourth-order valence-electron chi connectivity index (χ4n) is 1.96. The second-order valence-corrected chi connectivity index (χ2v) is 4.82. The largest absolute Gasteiger partial charge is 0.497 e. The molecule has 2 rings (SSSR count). The molecule has 5 nitrogen and oxygen atoms in total. The third-order valence-electron chi connectivity index (χ3n) is 3.10. The molecule has 0 radical (unpaired) electrons. The summed E-state index contributed by atoms with van der Waals surface area (Å²) in [4.78, 5) is 23.7. The molecule has 0 aliphatic carbocycles. The van der Waals surface area contributed by atoms with Crippen LogP contribution >= 0.6 is 0 Å². The van der Waals surface area contributed by atoms with Gasteiger partial charge < -0.3 is 14.8 Å². The van der Waals surface area contributed by atoms with Gasteiger partial charge in [-0.2, -0.15) is 0 Å². The van der Waals surface area contributed by atoms with Crippen LogP contribution in [0.2, 0.25) is 0 Å². The molecule has 0 saturated heterocycles. The van der Waals surface area contributed by atoms with Gasteiger partial charge in [0, 0.05) is 5.69 Å². The van der Waals surface area contributed by atoms with Gasteiger partial charge in [0.2, 0.25) is 0 Å². The van der Waals surface area contributed by atoms with Crippen LogP contribution in [0.25, 0.3) is 0 Å². The van der Waals surface area contributed by atoms with E-state index >= 15 is 0 Å². The minimum absolute atomic E-state index is 0.298. The van der Waals surface area contributed by atoms with E-state index in [1.165, 1.54) is 31.4 Å². The molecule has 0 aromatic heterocycles. The third kappa shape index (κ3) is 4.54.